The number of carbonyl (C=O) groups excluding carboxylic acids is 3. The largest absolute Gasteiger partial charge is 0.434 e. The third-order valence-electron chi connectivity index (χ3n) is 8.50. The molecule has 0 aliphatic carbocycles. The van der Waals surface area contributed by atoms with Crippen molar-refractivity contribution in [2.45, 2.75) is 20.1 Å². The lowest BCUT2D eigenvalue weighted by Crippen LogP contribution is -2.53. The molecule has 2 amide bonds. The molecular formula is C32H33F2N9O5S. The number of piperazine rings is 1. The van der Waals surface area contributed by atoms with Gasteiger partial charge in [0.1, 0.15) is 23.6 Å². The Labute approximate surface area is 282 Å². The summed E-state index contributed by atoms with van der Waals surface area (Å²) in [5.74, 6) is -1.10. The van der Waals surface area contributed by atoms with E-state index >= 15 is 0 Å². The molecule has 0 atom stereocenters. The average molecular weight is 694 g/mol. The molecule has 256 valence electrons. The van der Waals surface area contributed by atoms with Gasteiger partial charge in [-0.05, 0) is 36.6 Å². The van der Waals surface area contributed by atoms with E-state index in [1.807, 2.05) is 0 Å². The Morgan fingerprint density at radius 2 is 1.84 bits per heavy atom. The topological polar surface area (TPSA) is 139 Å². The number of carbonyl (C=O) groups is 3. The molecular weight excluding hydrogens is 660 g/mol. The number of morpholine rings is 1. The Balaban J connectivity index is 1.18. The van der Waals surface area contributed by atoms with Crippen molar-refractivity contribution in [3.05, 3.63) is 59.5 Å². The first kappa shape index (κ1) is 32.7. The smallest absolute Gasteiger partial charge is 0.387 e. The predicted molar refractivity (Wildman–Crippen MR) is 176 cm³/mol. The Bertz CT molecular complexity index is 2010. The fraction of sp³-hybridized carbons (Fsp3) is 0.375. The first-order chi connectivity index (χ1) is 23.7. The lowest BCUT2D eigenvalue weighted by molar-refractivity contribution is -0.134. The normalized spacial score (nSPS) is 16.1. The van der Waals surface area contributed by atoms with Crippen LogP contribution in [0.2, 0.25) is 0 Å². The molecule has 0 bridgehead atoms. The van der Waals surface area contributed by atoms with E-state index in [1.165, 1.54) is 52.1 Å². The fourth-order valence-electron chi connectivity index (χ4n) is 5.99. The molecule has 7 rings (SSSR count). The molecule has 0 saturated carbocycles. The molecule has 0 radical (unpaired) electrons. The summed E-state index contributed by atoms with van der Waals surface area (Å²) in [6, 6.07) is 6.30. The van der Waals surface area contributed by atoms with Crippen molar-refractivity contribution in [3.63, 3.8) is 0 Å². The highest BCUT2D eigenvalue weighted by Crippen LogP contribution is 2.40. The number of ketones is 1. The number of benzene rings is 1. The van der Waals surface area contributed by atoms with Crippen LogP contribution < -0.4 is 10.1 Å². The molecule has 1 aromatic carbocycles. The number of hydrogen-bond donors (Lipinski definition) is 1. The third-order valence-corrected chi connectivity index (χ3v) is 9.70. The first-order valence-corrected chi connectivity index (χ1v) is 16.5. The second kappa shape index (κ2) is 13.9. The molecule has 2 aliphatic rings. The zero-order valence-electron chi connectivity index (χ0n) is 26.6. The van der Waals surface area contributed by atoms with Crippen molar-refractivity contribution >= 4 is 50.4 Å². The van der Waals surface area contributed by atoms with Gasteiger partial charge in [-0.25, -0.2) is 9.50 Å². The van der Waals surface area contributed by atoms with E-state index in [9.17, 15) is 23.2 Å². The minimum atomic E-state index is -3.16. The first-order valence-electron chi connectivity index (χ1n) is 15.7. The number of fused-ring (bicyclic) bond motifs is 2. The molecule has 0 unspecified atom stereocenters. The summed E-state index contributed by atoms with van der Waals surface area (Å²) >= 11 is 1.20. The second-order valence-corrected chi connectivity index (χ2v) is 12.9. The van der Waals surface area contributed by atoms with E-state index in [0.29, 0.717) is 33.7 Å². The fourth-order valence-corrected chi connectivity index (χ4v) is 6.97. The number of thiophene rings is 1. The van der Waals surface area contributed by atoms with Gasteiger partial charge < -0.3 is 19.7 Å². The van der Waals surface area contributed by atoms with E-state index in [-0.39, 0.29) is 46.5 Å². The molecule has 2 fully saturated rings. The summed E-state index contributed by atoms with van der Waals surface area (Å²) in [7, 11) is 0. The van der Waals surface area contributed by atoms with Crippen LogP contribution >= 0.6 is 11.3 Å². The van der Waals surface area contributed by atoms with Crippen molar-refractivity contribution < 1.29 is 32.6 Å². The monoisotopic (exact) mass is 693 g/mol. The Kier molecular flexibility index (Phi) is 9.31. The van der Waals surface area contributed by atoms with Crippen molar-refractivity contribution in [2.24, 2.45) is 0 Å². The maximum absolute atomic E-state index is 13.7. The number of alkyl halides is 2. The standard InChI is InChI=1S/C32H33F2N9O5S/c1-20(44)26-14-21-13-25(48-32(33)34)22(15-27(21)49-26)29-24(37-31(46)23-16-36-43-4-2-3-35-30(23)43)17-42(38-29)18-28(45)41-7-5-39(6-8-41)19-40-9-11-47-12-10-40/h2-4,13-17,32H,5-12,18-19H2,1H3,(H,37,46). The minimum absolute atomic E-state index is 0.108. The predicted octanol–water partition coefficient (Wildman–Crippen LogP) is 3.30. The van der Waals surface area contributed by atoms with Crippen molar-refractivity contribution in [3.8, 4) is 17.0 Å². The van der Waals surface area contributed by atoms with Gasteiger partial charge in [-0.3, -0.25) is 28.9 Å². The number of rotatable bonds is 10. The van der Waals surface area contributed by atoms with E-state index in [1.54, 1.807) is 29.3 Å². The Morgan fingerprint density at radius 3 is 2.59 bits per heavy atom. The van der Waals surface area contributed by atoms with Gasteiger partial charge in [0.25, 0.3) is 5.91 Å². The maximum atomic E-state index is 13.7. The van der Waals surface area contributed by atoms with Crippen LogP contribution in [0.5, 0.6) is 5.75 Å². The van der Waals surface area contributed by atoms with E-state index in [4.69, 9.17) is 9.47 Å². The molecule has 0 spiro atoms. The van der Waals surface area contributed by atoms with Crippen LogP contribution in [0.15, 0.2) is 49.1 Å². The lowest BCUT2D eigenvalue weighted by atomic mass is 10.1. The van der Waals surface area contributed by atoms with Gasteiger partial charge in [-0.15, -0.1) is 11.3 Å². The van der Waals surface area contributed by atoms with Gasteiger partial charge >= 0.3 is 6.61 Å². The molecule has 14 nitrogen and oxygen atoms in total. The third kappa shape index (κ3) is 7.15. The Morgan fingerprint density at radius 1 is 1.06 bits per heavy atom. The zero-order valence-corrected chi connectivity index (χ0v) is 27.4. The lowest BCUT2D eigenvalue weighted by Gasteiger charge is -2.38. The molecule has 6 heterocycles. The van der Waals surface area contributed by atoms with Crippen LogP contribution in [-0.4, -0.2) is 122 Å². The van der Waals surface area contributed by atoms with Crippen LogP contribution in [0.4, 0.5) is 14.5 Å². The molecule has 49 heavy (non-hydrogen) atoms. The van der Waals surface area contributed by atoms with Crippen molar-refractivity contribution in [2.75, 3.05) is 64.5 Å². The van der Waals surface area contributed by atoms with Crippen molar-refractivity contribution in [1.82, 2.24) is 39.1 Å². The maximum Gasteiger partial charge on any atom is 0.387 e. The molecule has 2 aliphatic heterocycles. The number of amides is 2. The van der Waals surface area contributed by atoms with Crippen molar-refractivity contribution in [1.29, 1.82) is 0 Å². The highest BCUT2D eigenvalue weighted by atomic mass is 32.1. The number of anilines is 1. The summed E-state index contributed by atoms with van der Waals surface area (Å²) in [4.78, 5) is 50.3. The van der Waals surface area contributed by atoms with Crippen LogP contribution in [-0.2, 0) is 16.1 Å². The summed E-state index contributed by atoms with van der Waals surface area (Å²) in [6.07, 6.45) is 6.04. The minimum Gasteiger partial charge on any atom is -0.434 e. The number of nitrogens with zero attached hydrogens (tertiary/aromatic N) is 8. The van der Waals surface area contributed by atoms with E-state index in [0.717, 1.165) is 46.1 Å². The van der Waals surface area contributed by atoms with Gasteiger partial charge in [0, 0.05) is 68.1 Å². The van der Waals surface area contributed by atoms with Gasteiger partial charge in [0.15, 0.2) is 11.4 Å². The quantitative estimate of drug-likeness (QED) is 0.217. The van der Waals surface area contributed by atoms with E-state index < -0.39 is 12.5 Å². The Hall–Kier alpha value is -4.84. The summed E-state index contributed by atoms with van der Waals surface area (Å²) in [5, 5.41) is 12.2. The molecule has 17 heteroatoms. The summed E-state index contributed by atoms with van der Waals surface area (Å²) in [5.41, 5.74) is 0.909. The number of aromatic nitrogens is 5. The van der Waals surface area contributed by atoms with Gasteiger partial charge in [-0.1, -0.05) is 0 Å². The molecule has 2 saturated heterocycles. The van der Waals surface area contributed by atoms with Crippen LogP contribution in [0.3, 0.4) is 0 Å². The highest BCUT2D eigenvalue weighted by Gasteiger charge is 2.26. The summed E-state index contributed by atoms with van der Waals surface area (Å²) < 4.78 is 41.2. The zero-order chi connectivity index (χ0) is 34.1. The van der Waals surface area contributed by atoms with Gasteiger partial charge in [0.05, 0.1) is 36.6 Å². The number of halogens is 2. The molecule has 5 aromatic rings. The SMILES string of the molecule is CC(=O)c1cc2cc(OC(F)F)c(-c3nn(CC(=O)N4CCN(CN5CCOCC5)CC4)cc3NC(=O)c3cnn4cccnc34)cc2s1. The molecule has 1 N–H and O–H groups in total. The number of ether oxygens (including phenoxy) is 2. The van der Waals surface area contributed by atoms with Crippen LogP contribution in [0.25, 0.3) is 27.0 Å². The van der Waals surface area contributed by atoms with Crippen LogP contribution in [0, 0.1) is 0 Å². The van der Waals surface area contributed by atoms with E-state index in [2.05, 4.69) is 30.3 Å². The average Bonchev–Trinajstić information content (AvgIpc) is 3.81. The number of nitrogens with one attached hydrogen (secondary N) is 1. The highest BCUT2D eigenvalue weighted by molar-refractivity contribution is 7.20. The number of Topliss-reactive ketones (excluding diaryl/α,β-unsaturated/α-hetero) is 1. The molecule has 4 aromatic heterocycles. The van der Waals surface area contributed by atoms with Gasteiger partial charge in [-0.2, -0.15) is 19.0 Å². The summed E-state index contributed by atoms with van der Waals surface area (Å²) in [6.45, 7) is 4.69. The van der Waals surface area contributed by atoms with Crippen LogP contribution in [0.1, 0.15) is 27.0 Å². The second-order valence-electron chi connectivity index (χ2n) is 11.8. The number of hydrogen-bond acceptors (Lipinski definition) is 11. The van der Waals surface area contributed by atoms with Gasteiger partial charge in [0.2, 0.25) is 5.91 Å².